The quantitative estimate of drug-likeness (QED) is 0.641. The Kier molecular flexibility index (Phi) is 4.86. The number of phenolic OH excluding ortho intramolecular Hbond substituents is 1. The fourth-order valence-electron chi connectivity index (χ4n) is 4.15. The number of likely N-dealkylation sites (tertiary alicyclic amines) is 1. The molecule has 2 amide bonds. The number of phenols is 1. The van der Waals surface area contributed by atoms with Gasteiger partial charge >= 0.3 is 5.97 Å². The molecule has 2 fully saturated rings. The summed E-state index contributed by atoms with van der Waals surface area (Å²) in [4.78, 5) is 39.1. The van der Waals surface area contributed by atoms with Gasteiger partial charge in [0.05, 0.1) is 18.9 Å². The van der Waals surface area contributed by atoms with Crippen molar-refractivity contribution in [1.82, 2.24) is 10.2 Å². The molecule has 1 aromatic rings. The van der Waals surface area contributed by atoms with Crippen LogP contribution in [0.3, 0.4) is 0 Å². The number of ether oxygens (including phenoxy) is 1. The lowest BCUT2D eigenvalue weighted by atomic mass is 9.80. The minimum absolute atomic E-state index is 0.168. The number of carboxylic acid groups (broad SMARTS) is 1. The normalized spacial score (nSPS) is 29.9. The van der Waals surface area contributed by atoms with Crippen LogP contribution < -0.4 is 10.1 Å². The number of nitrogens with zero attached hydrogens (tertiary/aromatic N) is 1. The molecule has 0 spiro atoms. The van der Waals surface area contributed by atoms with Gasteiger partial charge in [0.15, 0.2) is 11.5 Å². The zero-order chi connectivity index (χ0) is 19.9. The van der Waals surface area contributed by atoms with Gasteiger partial charge in [-0.1, -0.05) is 25.5 Å². The summed E-state index contributed by atoms with van der Waals surface area (Å²) in [6, 6.07) is 4.01. The van der Waals surface area contributed by atoms with Crippen LogP contribution >= 0.6 is 0 Å². The second-order valence-electron chi connectivity index (χ2n) is 7.21. The fraction of sp³-hybridized carbons (Fsp3) is 0.526. The highest BCUT2D eigenvalue weighted by molar-refractivity contribution is 6.09. The zero-order valence-corrected chi connectivity index (χ0v) is 15.6. The molecule has 0 radical (unpaired) electrons. The molecule has 3 N–H and O–H groups in total. The zero-order valence-electron chi connectivity index (χ0n) is 15.6. The maximum absolute atomic E-state index is 13.0. The van der Waals surface area contributed by atoms with E-state index in [9.17, 15) is 24.6 Å². The average Bonchev–Trinajstić information content (AvgIpc) is 3.08. The SMILES string of the molecule is CCCCN1C(=O)C2C(c3cccc(OC)c3O)NC(C)(C(=O)O)C2C1=O. The summed E-state index contributed by atoms with van der Waals surface area (Å²) in [6.07, 6.45) is 1.46. The van der Waals surface area contributed by atoms with Gasteiger partial charge in [-0.15, -0.1) is 0 Å². The highest BCUT2D eigenvalue weighted by Crippen LogP contribution is 2.51. The Hall–Kier alpha value is -2.61. The van der Waals surface area contributed by atoms with E-state index in [0.29, 0.717) is 12.0 Å². The lowest BCUT2D eigenvalue weighted by Gasteiger charge is -2.27. The third-order valence-corrected chi connectivity index (χ3v) is 5.64. The largest absolute Gasteiger partial charge is 0.504 e. The fourth-order valence-corrected chi connectivity index (χ4v) is 4.15. The number of aliphatic carboxylic acids is 1. The van der Waals surface area contributed by atoms with Gasteiger partial charge in [-0.3, -0.25) is 24.6 Å². The Morgan fingerprint density at radius 2 is 2.04 bits per heavy atom. The number of hydrogen-bond donors (Lipinski definition) is 3. The van der Waals surface area contributed by atoms with E-state index < -0.39 is 41.2 Å². The molecule has 4 unspecified atom stereocenters. The molecule has 8 nitrogen and oxygen atoms in total. The lowest BCUT2D eigenvalue weighted by Crippen LogP contribution is -2.53. The van der Waals surface area contributed by atoms with E-state index >= 15 is 0 Å². The Balaban J connectivity index is 2.09. The van der Waals surface area contributed by atoms with Crippen molar-refractivity contribution in [3.05, 3.63) is 23.8 Å². The smallest absolute Gasteiger partial charge is 0.324 e. The Morgan fingerprint density at radius 1 is 1.33 bits per heavy atom. The summed E-state index contributed by atoms with van der Waals surface area (Å²) < 4.78 is 5.12. The maximum Gasteiger partial charge on any atom is 0.324 e. The summed E-state index contributed by atoms with van der Waals surface area (Å²) in [6.45, 7) is 3.64. The first-order valence-corrected chi connectivity index (χ1v) is 9.00. The molecule has 8 heteroatoms. The summed E-state index contributed by atoms with van der Waals surface area (Å²) in [5, 5.41) is 23.2. The second-order valence-corrected chi connectivity index (χ2v) is 7.21. The summed E-state index contributed by atoms with van der Waals surface area (Å²) in [7, 11) is 1.40. The Labute approximate surface area is 157 Å². The van der Waals surface area contributed by atoms with Gasteiger partial charge in [-0.05, 0) is 19.4 Å². The molecule has 2 aliphatic rings. The molecule has 1 aromatic carbocycles. The Morgan fingerprint density at radius 3 is 2.63 bits per heavy atom. The number of unbranched alkanes of at least 4 members (excludes halogenated alkanes) is 1. The highest BCUT2D eigenvalue weighted by Gasteiger charge is 2.66. The molecule has 4 atom stereocenters. The van der Waals surface area contributed by atoms with Crippen LogP contribution in [0.4, 0.5) is 0 Å². The number of carbonyl (C=O) groups excluding carboxylic acids is 2. The molecule has 27 heavy (non-hydrogen) atoms. The van der Waals surface area contributed by atoms with Crippen LogP contribution in [0.2, 0.25) is 0 Å². The van der Waals surface area contributed by atoms with Crippen molar-refractivity contribution in [2.75, 3.05) is 13.7 Å². The molecule has 0 saturated carbocycles. The molecule has 3 rings (SSSR count). The van der Waals surface area contributed by atoms with E-state index in [2.05, 4.69) is 5.32 Å². The van der Waals surface area contributed by atoms with Crippen LogP contribution in [0, 0.1) is 11.8 Å². The molecule has 2 heterocycles. The number of carbonyl (C=O) groups is 3. The number of methoxy groups -OCH3 is 1. The molecule has 2 aliphatic heterocycles. The number of amides is 2. The number of aromatic hydroxyl groups is 1. The van der Waals surface area contributed by atoms with E-state index in [1.165, 1.54) is 18.9 Å². The first-order valence-electron chi connectivity index (χ1n) is 9.00. The number of fused-ring (bicyclic) bond motifs is 1. The van der Waals surface area contributed by atoms with Gasteiger partial charge in [0.1, 0.15) is 5.54 Å². The van der Waals surface area contributed by atoms with Crippen molar-refractivity contribution in [3.8, 4) is 11.5 Å². The van der Waals surface area contributed by atoms with Crippen molar-refractivity contribution < 1.29 is 29.3 Å². The van der Waals surface area contributed by atoms with E-state index in [0.717, 1.165) is 6.42 Å². The van der Waals surface area contributed by atoms with Crippen LogP contribution in [-0.2, 0) is 14.4 Å². The van der Waals surface area contributed by atoms with E-state index in [1.807, 2.05) is 6.92 Å². The molecule has 0 aromatic heterocycles. The van der Waals surface area contributed by atoms with Crippen molar-refractivity contribution >= 4 is 17.8 Å². The first-order chi connectivity index (χ1) is 12.8. The van der Waals surface area contributed by atoms with Crippen LogP contribution in [0.5, 0.6) is 11.5 Å². The molecule has 146 valence electrons. The van der Waals surface area contributed by atoms with E-state index in [1.54, 1.807) is 18.2 Å². The van der Waals surface area contributed by atoms with Gasteiger partial charge in [-0.2, -0.15) is 0 Å². The highest BCUT2D eigenvalue weighted by atomic mass is 16.5. The number of nitrogens with one attached hydrogen (secondary N) is 1. The summed E-state index contributed by atoms with van der Waals surface area (Å²) in [5.74, 6) is -3.96. The summed E-state index contributed by atoms with van der Waals surface area (Å²) in [5.41, 5.74) is -1.27. The van der Waals surface area contributed by atoms with E-state index in [4.69, 9.17) is 4.74 Å². The van der Waals surface area contributed by atoms with Crippen LogP contribution in [0.15, 0.2) is 18.2 Å². The lowest BCUT2D eigenvalue weighted by molar-refractivity contribution is -0.150. The van der Waals surface area contributed by atoms with Crippen molar-refractivity contribution in [2.45, 2.75) is 38.3 Å². The minimum atomic E-state index is -1.61. The average molecular weight is 376 g/mol. The molecule has 0 bridgehead atoms. The Bertz CT molecular complexity index is 794. The summed E-state index contributed by atoms with van der Waals surface area (Å²) >= 11 is 0. The number of hydrogen-bond acceptors (Lipinski definition) is 6. The van der Waals surface area contributed by atoms with Crippen LogP contribution in [0.25, 0.3) is 0 Å². The van der Waals surface area contributed by atoms with Crippen molar-refractivity contribution in [1.29, 1.82) is 0 Å². The van der Waals surface area contributed by atoms with Crippen molar-refractivity contribution in [3.63, 3.8) is 0 Å². The van der Waals surface area contributed by atoms with Crippen LogP contribution in [-0.4, -0.2) is 52.1 Å². The standard InChI is InChI=1S/C19H24N2O6/c1-4-5-9-21-16(23)12-13(17(21)24)19(2,18(25)26)20-14(12)10-7-6-8-11(27-3)15(10)22/h6-8,12-14,20,22H,4-5,9H2,1-3H3,(H,25,26). The van der Waals surface area contributed by atoms with Gasteiger partial charge in [0, 0.05) is 18.2 Å². The predicted octanol–water partition coefficient (Wildman–Crippen LogP) is 1.29. The maximum atomic E-state index is 13.0. The molecule has 2 saturated heterocycles. The molecular formula is C19H24N2O6. The minimum Gasteiger partial charge on any atom is -0.504 e. The van der Waals surface area contributed by atoms with Crippen molar-refractivity contribution in [2.24, 2.45) is 11.8 Å². The van der Waals surface area contributed by atoms with Gasteiger partial charge in [0.25, 0.3) is 0 Å². The number of benzene rings is 1. The second kappa shape index (κ2) is 6.84. The number of carboxylic acids is 1. The van der Waals surface area contributed by atoms with E-state index in [-0.39, 0.29) is 18.0 Å². The number of rotatable bonds is 6. The molecule has 0 aliphatic carbocycles. The number of imide groups is 1. The van der Waals surface area contributed by atoms with Crippen LogP contribution in [0.1, 0.15) is 38.3 Å². The van der Waals surface area contributed by atoms with Gasteiger partial charge in [0.2, 0.25) is 11.8 Å². The number of para-hydroxylation sites is 1. The van der Waals surface area contributed by atoms with Gasteiger partial charge in [-0.25, -0.2) is 0 Å². The third-order valence-electron chi connectivity index (χ3n) is 5.64. The first kappa shape index (κ1) is 19.2. The monoisotopic (exact) mass is 376 g/mol. The van der Waals surface area contributed by atoms with Gasteiger partial charge < -0.3 is 14.9 Å². The topological polar surface area (TPSA) is 116 Å². The third kappa shape index (κ3) is 2.75. The predicted molar refractivity (Wildman–Crippen MR) is 95.2 cm³/mol. The molecular weight excluding hydrogens is 352 g/mol.